The van der Waals surface area contributed by atoms with Crippen molar-refractivity contribution >= 4 is 27.3 Å². The van der Waals surface area contributed by atoms with Crippen molar-refractivity contribution in [2.75, 3.05) is 11.9 Å². The van der Waals surface area contributed by atoms with Crippen LogP contribution in [0.15, 0.2) is 22.7 Å². The summed E-state index contributed by atoms with van der Waals surface area (Å²) < 4.78 is 0.681. The minimum absolute atomic E-state index is 0.0526. The SMILES string of the molecule is O=[N+]([O-])c1cc(Br)ccc1NCC1CCCC1O. The van der Waals surface area contributed by atoms with Crippen molar-refractivity contribution in [1.29, 1.82) is 0 Å². The maximum Gasteiger partial charge on any atom is 0.293 e. The Morgan fingerprint density at radius 2 is 2.28 bits per heavy atom. The van der Waals surface area contributed by atoms with E-state index in [0.29, 0.717) is 16.7 Å². The maximum atomic E-state index is 10.9. The van der Waals surface area contributed by atoms with Crippen LogP contribution in [0.3, 0.4) is 0 Å². The fraction of sp³-hybridized carbons (Fsp3) is 0.500. The van der Waals surface area contributed by atoms with E-state index in [4.69, 9.17) is 0 Å². The van der Waals surface area contributed by atoms with Crippen LogP contribution in [0.5, 0.6) is 0 Å². The number of nitrogens with one attached hydrogen (secondary N) is 1. The van der Waals surface area contributed by atoms with Crippen LogP contribution >= 0.6 is 15.9 Å². The molecule has 1 aromatic rings. The molecule has 0 bridgehead atoms. The molecule has 0 saturated heterocycles. The van der Waals surface area contributed by atoms with Gasteiger partial charge in [0.25, 0.3) is 5.69 Å². The lowest BCUT2D eigenvalue weighted by Crippen LogP contribution is -2.22. The second-order valence-corrected chi connectivity index (χ2v) is 5.47. The fourth-order valence-electron chi connectivity index (χ4n) is 2.30. The zero-order valence-corrected chi connectivity index (χ0v) is 11.4. The van der Waals surface area contributed by atoms with E-state index >= 15 is 0 Å². The highest BCUT2D eigenvalue weighted by atomic mass is 79.9. The van der Waals surface area contributed by atoms with Gasteiger partial charge in [-0.2, -0.15) is 0 Å². The number of nitro groups is 1. The quantitative estimate of drug-likeness (QED) is 0.662. The number of benzene rings is 1. The van der Waals surface area contributed by atoms with E-state index in [1.807, 2.05) is 0 Å². The van der Waals surface area contributed by atoms with Gasteiger partial charge in [-0.05, 0) is 25.0 Å². The van der Waals surface area contributed by atoms with Crippen LogP contribution in [0, 0.1) is 16.0 Å². The molecule has 0 amide bonds. The average molecular weight is 315 g/mol. The molecule has 1 aliphatic carbocycles. The summed E-state index contributed by atoms with van der Waals surface area (Å²) in [6.07, 6.45) is 2.54. The number of aliphatic hydroxyl groups excluding tert-OH is 1. The Balaban J connectivity index is 2.06. The molecule has 0 aliphatic heterocycles. The second-order valence-electron chi connectivity index (χ2n) is 4.56. The zero-order valence-electron chi connectivity index (χ0n) is 9.80. The molecule has 1 saturated carbocycles. The largest absolute Gasteiger partial charge is 0.393 e. The van der Waals surface area contributed by atoms with Gasteiger partial charge in [-0.25, -0.2) is 0 Å². The standard InChI is InChI=1S/C12H15BrN2O3/c13-9-4-5-10(11(6-9)15(17)18)14-7-8-2-1-3-12(8)16/h4-6,8,12,14,16H,1-3,7H2. The molecule has 0 spiro atoms. The zero-order chi connectivity index (χ0) is 13.1. The number of aliphatic hydroxyl groups is 1. The number of hydrogen-bond acceptors (Lipinski definition) is 4. The number of anilines is 1. The Labute approximate surface area is 113 Å². The van der Waals surface area contributed by atoms with Crippen LogP contribution in [-0.4, -0.2) is 22.7 Å². The Morgan fingerprint density at radius 1 is 1.50 bits per heavy atom. The van der Waals surface area contributed by atoms with E-state index in [0.717, 1.165) is 19.3 Å². The van der Waals surface area contributed by atoms with E-state index in [9.17, 15) is 15.2 Å². The minimum atomic E-state index is -0.405. The molecule has 0 aromatic heterocycles. The predicted octanol–water partition coefficient (Wildman–Crippen LogP) is 2.93. The van der Waals surface area contributed by atoms with Crippen LogP contribution in [-0.2, 0) is 0 Å². The van der Waals surface area contributed by atoms with Gasteiger partial charge in [-0.1, -0.05) is 22.4 Å². The van der Waals surface area contributed by atoms with Gasteiger partial charge in [-0.15, -0.1) is 0 Å². The van der Waals surface area contributed by atoms with Crippen LogP contribution in [0.25, 0.3) is 0 Å². The number of halogens is 1. The summed E-state index contributed by atoms with van der Waals surface area (Å²) in [6.45, 7) is 0.573. The van der Waals surface area contributed by atoms with Crippen LogP contribution in [0.2, 0.25) is 0 Å². The van der Waals surface area contributed by atoms with Gasteiger partial charge in [0.15, 0.2) is 0 Å². The normalized spacial score (nSPS) is 23.0. The van der Waals surface area contributed by atoms with Crippen molar-refractivity contribution in [3.63, 3.8) is 0 Å². The topological polar surface area (TPSA) is 75.4 Å². The molecular weight excluding hydrogens is 300 g/mol. The first-order chi connectivity index (χ1) is 8.58. The Hall–Kier alpha value is -1.14. The van der Waals surface area contributed by atoms with Crippen molar-refractivity contribution in [2.45, 2.75) is 25.4 Å². The molecule has 2 atom stereocenters. The molecule has 0 radical (unpaired) electrons. The number of nitro benzene ring substituents is 1. The molecule has 5 nitrogen and oxygen atoms in total. The monoisotopic (exact) mass is 314 g/mol. The smallest absolute Gasteiger partial charge is 0.293 e. The van der Waals surface area contributed by atoms with Gasteiger partial charge in [0.05, 0.1) is 11.0 Å². The number of nitrogens with zero attached hydrogens (tertiary/aromatic N) is 1. The van der Waals surface area contributed by atoms with E-state index < -0.39 is 4.92 Å². The first-order valence-corrected chi connectivity index (χ1v) is 6.73. The Morgan fingerprint density at radius 3 is 2.89 bits per heavy atom. The van der Waals surface area contributed by atoms with E-state index in [2.05, 4.69) is 21.2 Å². The molecular formula is C12H15BrN2O3. The highest BCUT2D eigenvalue weighted by Crippen LogP contribution is 2.30. The van der Waals surface area contributed by atoms with Crippen molar-refractivity contribution in [3.05, 3.63) is 32.8 Å². The van der Waals surface area contributed by atoms with Gasteiger partial charge in [-0.3, -0.25) is 10.1 Å². The summed E-state index contributed by atoms with van der Waals surface area (Å²) in [5, 5.41) is 23.7. The molecule has 0 heterocycles. The predicted molar refractivity (Wildman–Crippen MR) is 72.6 cm³/mol. The van der Waals surface area contributed by atoms with E-state index in [1.165, 1.54) is 6.07 Å². The number of rotatable bonds is 4. The van der Waals surface area contributed by atoms with Gasteiger partial charge < -0.3 is 10.4 Å². The van der Waals surface area contributed by atoms with Crippen LogP contribution < -0.4 is 5.32 Å². The van der Waals surface area contributed by atoms with Crippen molar-refractivity contribution in [1.82, 2.24) is 0 Å². The average Bonchev–Trinajstić information content (AvgIpc) is 2.73. The summed E-state index contributed by atoms with van der Waals surface area (Å²) >= 11 is 3.22. The van der Waals surface area contributed by atoms with Gasteiger partial charge in [0, 0.05) is 23.0 Å². The second kappa shape index (κ2) is 5.67. The molecule has 1 fully saturated rings. The molecule has 98 valence electrons. The summed E-state index contributed by atoms with van der Waals surface area (Å²) in [5.74, 6) is 0.188. The van der Waals surface area contributed by atoms with E-state index in [-0.39, 0.29) is 17.7 Å². The maximum absolute atomic E-state index is 10.9. The molecule has 1 aromatic carbocycles. The number of hydrogen-bond donors (Lipinski definition) is 2. The molecule has 1 aliphatic rings. The highest BCUT2D eigenvalue weighted by Gasteiger charge is 2.25. The van der Waals surface area contributed by atoms with Gasteiger partial charge in [0.1, 0.15) is 5.69 Å². The summed E-state index contributed by atoms with van der Waals surface area (Å²) in [6, 6.07) is 4.93. The third kappa shape index (κ3) is 3.00. The summed E-state index contributed by atoms with van der Waals surface area (Å²) in [4.78, 5) is 10.5. The highest BCUT2D eigenvalue weighted by molar-refractivity contribution is 9.10. The van der Waals surface area contributed by atoms with Crippen molar-refractivity contribution < 1.29 is 10.0 Å². The Kier molecular flexibility index (Phi) is 4.19. The Bertz CT molecular complexity index is 453. The first-order valence-electron chi connectivity index (χ1n) is 5.94. The fourth-order valence-corrected chi connectivity index (χ4v) is 2.65. The minimum Gasteiger partial charge on any atom is -0.393 e. The van der Waals surface area contributed by atoms with Gasteiger partial charge in [0.2, 0.25) is 0 Å². The molecule has 2 unspecified atom stereocenters. The van der Waals surface area contributed by atoms with Crippen molar-refractivity contribution in [3.8, 4) is 0 Å². The lowest BCUT2D eigenvalue weighted by Gasteiger charge is -2.16. The first kappa shape index (κ1) is 13.3. The van der Waals surface area contributed by atoms with Crippen LogP contribution in [0.4, 0.5) is 11.4 Å². The lowest BCUT2D eigenvalue weighted by molar-refractivity contribution is -0.384. The molecule has 2 N–H and O–H groups in total. The van der Waals surface area contributed by atoms with Gasteiger partial charge >= 0.3 is 0 Å². The summed E-state index contributed by atoms with van der Waals surface area (Å²) in [7, 11) is 0. The summed E-state index contributed by atoms with van der Waals surface area (Å²) in [5.41, 5.74) is 0.555. The molecule has 18 heavy (non-hydrogen) atoms. The lowest BCUT2D eigenvalue weighted by atomic mass is 10.1. The van der Waals surface area contributed by atoms with E-state index in [1.54, 1.807) is 12.1 Å². The van der Waals surface area contributed by atoms with Crippen molar-refractivity contribution in [2.24, 2.45) is 5.92 Å². The third-order valence-corrected chi connectivity index (χ3v) is 3.82. The molecule has 6 heteroatoms. The molecule has 2 rings (SSSR count). The van der Waals surface area contributed by atoms with Crippen LogP contribution in [0.1, 0.15) is 19.3 Å². The third-order valence-electron chi connectivity index (χ3n) is 3.33.